The largest absolute Gasteiger partial charge is 0.487 e. The number of carboxylic acid groups (broad SMARTS) is 1. The molecule has 9 nitrogen and oxygen atoms in total. The van der Waals surface area contributed by atoms with Gasteiger partial charge in [-0.1, -0.05) is 6.07 Å². The summed E-state index contributed by atoms with van der Waals surface area (Å²) in [5.74, 6) is 0.705. The van der Waals surface area contributed by atoms with Crippen LogP contribution >= 0.6 is 0 Å². The maximum absolute atomic E-state index is 14.7. The number of pyridine rings is 1. The van der Waals surface area contributed by atoms with E-state index in [0.29, 0.717) is 48.9 Å². The Labute approximate surface area is 190 Å². The number of nitrogens with one attached hydrogen (secondary N) is 1. The number of nitrogens with zero attached hydrogens (tertiary/aromatic N) is 4. The van der Waals surface area contributed by atoms with Gasteiger partial charge in [-0.25, -0.2) is 19.2 Å². The second-order valence-electron chi connectivity index (χ2n) is 7.62. The van der Waals surface area contributed by atoms with Crippen molar-refractivity contribution in [1.82, 2.24) is 19.9 Å². The average molecular weight is 453 g/mol. The molecule has 4 rings (SSSR count). The zero-order chi connectivity index (χ0) is 23.2. The van der Waals surface area contributed by atoms with Crippen LogP contribution in [0, 0.1) is 12.7 Å². The highest BCUT2D eigenvalue weighted by Crippen LogP contribution is 2.29. The monoisotopic (exact) mass is 453 g/mol. The quantitative estimate of drug-likeness (QED) is 0.549. The van der Waals surface area contributed by atoms with Crippen LogP contribution in [-0.2, 0) is 6.61 Å². The minimum Gasteiger partial charge on any atom is -0.487 e. The number of aromatic nitrogens is 3. The molecule has 0 spiro atoms. The topological polar surface area (TPSA) is 110 Å². The Balaban J connectivity index is 1.39. The van der Waals surface area contributed by atoms with Gasteiger partial charge in [-0.15, -0.1) is 0 Å². The molecular weight excluding hydrogens is 429 g/mol. The van der Waals surface area contributed by atoms with Crippen molar-refractivity contribution >= 4 is 17.6 Å². The minimum atomic E-state index is -0.923. The van der Waals surface area contributed by atoms with Crippen LogP contribution in [0.2, 0.25) is 0 Å². The molecule has 2 aromatic heterocycles. The van der Waals surface area contributed by atoms with Gasteiger partial charge in [0.1, 0.15) is 36.4 Å². The number of anilines is 2. The van der Waals surface area contributed by atoms with E-state index in [4.69, 9.17) is 14.6 Å². The first-order valence-electron chi connectivity index (χ1n) is 10.5. The van der Waals surface area contributed by atoms with E-state index in [1.807, 2.05) is 18.2 Å². The fourth-order valence-corrected chi connectivity index (χ4v) is 3.46. The number of piperidine rings is 1. The summed E-state index contributed by atoms with van der Waals surface area (Å²) >= 11 is 0. The predicted octanol–water partition coefficient (Wildman–Crippen LogP) is 4.16. The first-order valence-corrected chi connectivity index (χ1v) is 10.5. The second-order valence-corrected chi connectivity index (χ2v) is 7.62. The van der Waals surface area contributed by atoms with Crippen molar-refractivity contribution < 1.29 is 23.8 Å². The molecule has 2 N–H and O–H groups in total. The van der Waals surface area contributed by atoms with E-state index in [2.05, 4.69) is 20.3 Å². The number of amides is 1. The first kappa shape index (κ1) is 22.3. The summed E-state index contributed by atoms with van der Waals surface area (Å²) in [7, 11) is 0. The Morgan fingerprint density at radius 2 is 2.03 bits per heavy atom. The summed E-state index contributed by atoms with van der Waals surface area (Å²) < 4.78 is 26.3. The van der Waals surface area contributed by atoms with Gasteiger partial charge in [0, 0.05) is 38.2 Å². The van der Waals surface area contributed by atoms with Crippen molar-refractivity contribution in [3.05, 3.63) is 66.0 Å². The summed E-state index contributed by atoms with van der Waals surface area (Å²) in [5.41, 5.74) is 1.62. The van der Waals surface area contributed by atoms with Gasteiger partial charge in [0.05, 0.1) is 16.9 Å². The molecule has 0 atom stereocenters. The Bertz CT molecular complexity index is 1110. The van der Waals surface area contributed by atoms with Crippen molar-refractivity contribution in [1.29, 1.82) is 0 Å². The molecule has 1 aliphatic heterocycles. The van der Waals surface area contributed by atoms with E-state index < -0.39 is 11.9 Å². The summed E-state index contributed by atoms with van der Waals surface area (Å²) in [4.78, 5) is 25.0. The zero-order valence-corrected chi connectivity index (χ0v) is 18.1. The summed E-state index contributed by atoms with van der Waals surface area (Å²) in [5, 5.41) is 12.1. The maximum Gasteiger partial charge on any atom is 0.407 e. The van der Waals surface area contributed by atoms with E-state index >= 15 is 0 Å². The predicted molar refractivity (Wildman–Crippen MR) is 118 cm³/mol. The zero-order valence-electron chi connectivity index (χ0n) is 18.1. The van der Waals surface area contributed by atoms with E-state index in [1.165, 1.54) is 17.3 Å². The standard InChI is InChI=1S/C23H24FN5O4/c1-15-21(26-14-27-22(15)33-17-7-10-29(11-8-17)23(30)31)28-20-6-5-18(12-19(20)24)32-13-16-4-2-3-9-25-16/h2-6,9,12,14,17H,7-8,10-11,13H2,1H3,(H,30,31)(H,26,27,28). The Kier molecular flexibility index (Phi) is 6.82. The lowest BCUT2D eigenvalue weighted by Gasteiger charge is -2.30. The third-order valence-corrected chi connectivity index (χ3v) is 5.34. The van der Waals surface area contributed by atoms with Crippen molar-refractivity contribution in [2.24, 2.45) is 0 Å². The molecule has 1 fully saturated rings. The number of rotatable bonds is 7. The average Bonchev–Trinajstić information content (AvgIpc) is 2.82. The Hall–Kier alpha value is -3.95. The number of halogens is 1. The van der Waals surface area contributed by atoms with Gasteiger partial charge in [0.25, 0.3) is 0 Å². The molecule has 1 amide bonds. The van der Waals surface area contributed by atoms with Gasteiger partial charge in [0.2, 0.25) is 5.88 Å². The molecule has 1 aromatic carbocycles. The molecule has 10 heteroatoms. The smallest absolute Gasteiger partial charge is 0.407 e. The molecule has 33 heavy (non-hydrogen) atoms. The van der Waals surface area contributed by atoms with Crippen molar-refractivity contribution in [2.45, 2.75) is 32.5 Å². The minimum absolute atomic E-state index is 0.144. The van der Waals surface area contributed by atoms with Crippen LogP contribution in [0.25, 0.3) is 0 Å². The molecule has 3 heterocycles. The number of benzene rings is 1. The van der Waals surface area contributed by atoms with Crippen molar-refractivity contribution in [2.75, 3.05) is 18.4 Å². The maximum atomic E-state index is 14.7. The van der Waals surface area contributed by atoms with E-state index in [9.17, 15) is 9.18 Å². The number of hydrogen-bond acceptors (Lipinski definition) is 7. The number of hydrogen-bond donors (Lipinski definition) is 2. The van der Waals surface area contributed by atoms with Crippen molar-refractivity contribution in [3.8, 4) is 11.6 Å². The summed E-state index contributed by atoms with van der Waals surface area (Å²) in [6, 6.07) is 10.1. The highest BCUT2D eigenvalue weighted by molar-refractivity contribution is 5.65. The van der Waals surface area contributed by atoms with Crippen LogP contribution in [0.1, 0.15) is 24.1 Å². The van der Waals surface area contributed by atoms with Crippen LogP contribution in [-0.4, -0.2) is 50.2 Å². The molecule has 0 aliphatic carbocycles. The first-order chi connectivity index (χ1) is 16.0. The molecular formula is C23H24FN5O4. The molecule has 1 saturated heterocycles. The van der Waals surface area contributed by atoms with Crippen LogP contribution < -0.4 is 14.8 Å². The lowest BCUT2D eigenvalue weighted by molar-refractivity contribution is 0.0866. The van der Waals surface area contributed by atoms with Gasteiger partial charge in [-0.05, 0) is 31.2 Å². The fraction of sp³-hybridized carbons (Fsp3) is 0.304. The van der Waals surface area contributed by atoms with Gasteiger partial charge < -0.3 is 24.8 Å². The SMILES string of the molecule is Cc1c(Nc2ccc(OCc3ccccn3)cc2F)ncnc1OC1CCN(C(=O)O)CC1. The van der Waals surface area contributed by atoms with Crippen LogP contribution in [0.15, 0.2) is 48.9 Å². The molecule has 0 radical (unpaired) electrons. The molecule has 172 valence electrons. The number of likely N-dealkylation sites (tertiary alicyclic amines) is 1. The van der Waals surface area contributed by atoms with Gasteiger partial charge >= 0.3 is 6.09 Å². The van der Waals surface area contributed by atoms with Crippen LogP contribution in [0.5, 0.6) is 11.6 Å². The molecule has 1 aliphatic rings. The lowest BCUT2D eigenvalue weighted by atomic mass is 10.1. The third-order valence-electron chi connectivity index (χ3n) is 5.34. The lowest BCUT2D eigenvalue weighted by Crippen LogP contribution is -2.41. The second kappa shape index (κ2) is 10.1. The Morgan fingerprint density at radius 3 is 2.73 bits per heavy atom. The number of ether oxygens (including phenoxy) is 2. The third kappa shape index (κ3) is 5.65. The molecule has 0 saturated carbocycles. The number of carbonyl (C=O) groups is 1. The van der Waals surface area contributed by atoms with E-state index in [-0.39, 0.29) is 18.4 Å². The van der Waals surface area contributed by atoms with Crippen molar-refractivity contribution in [3.63, 3.8) is 0 Å². The molecule has 0 bridgehead atoms. The fourth-order valence-electron chi connectivity index (χ4n) is 3.46. The van der Waals surface area contributed by atoms with E-state index in [1.54, 1.807) is 25.3 Å². The van der Waals surface area contributed by atoms with Gasteiger partial charge in [0.15, 0.2) is 0 Å². The van der Waals surface area contributed by atoms with Crippen LogP contribution in [0.4, 0.5) is 20.7 Å². The molecule has 0 unspecified atom stereocenters. The Morgan fingerprint density at radius 1 is 1.21 bits per heavy atom. The normalized spacial score (nSPS) is 14.1. The molecule has 3 aromatic rings. The summed E-state index contributed by atoms with van der Waals surface area (Å²) in [6.45, 7) is 2.85. The van der Waals surface area contributed by atoms with E-state index in [0.717, 1.165) is 5.69 Å². The van der Waals surface area contributed by atoms with Gasteiger partial charge in [-0.3, -0.25) is 4.98 Å². The highest BCUT2D eigenvalue weighted by atomic mass is 19.1. The van der Waals surface area contributed by atoms with Crippen LogP contribution in [0.3, 0.4) is 0 Å². The van der Waals surface area contributed by atoms with Gasteiger partial charge in [-0.2, -0.15) is 0 Å². The summed E-state index contributed by atoms with van der Waals surface area (Å²) in [6.07, 6.45) is 3.11. The highest BCUT2D eigenvalue weighted by Gasteiger charge is 2.24.